The SMILES string of the molecule is CC(=O)Nc1ccc(NC(=O)CN2C[C@H](C)C[C@H](C)C2)cc1. The number of likely N-dealkylation sites (tertiary alicyclic amines) is 1. The maximum Gasteiger partial charge on any atom is 0.238 e. The zero-order valence-corrected chi connectivity index (χ0v) is 13.6. The summed E-state index contributed by atoms with van der Waals surface area (Å²) in [6.07, 6.45) is 1.24. The summed E-state index contributed by atoms with van der Waals surface area (Å²) in [7, 11) is 0. The molecule has 5 heteroatoms. The molecule has 0 bridgehead atoms. The monoisotopic (exact) mass is 303 g/mol. The standard InChI is InChI=1S/C17H25N3O2/c1-12-8-13(2)10-20(9-12)11-17(22)19-16-6-4-15(5-7-16)18-14(3)21/h4-7,12-13H,8-11H2,1-3H3,(H,18,21)(H,19,22)/t12-,13+. The van der Waals surface area contributed by atoms with Gasteiger partial charge in [-0.05, 0) is 42.5 Å². The predicted molar refractivity (Wildman–Crippen MR) is 88.8 cm³/mol. The maximum absolute atomic E-state index is 12.1. The fourth-order valence-electron chi connectivity index (χ4n) is 3.16. The highest BCUT2D eigenvalue weighted by molar-refractivity contribution is 5.93. The van der Waals surface area contributed by atoms with Crippen molar-refractivity contribution in [2.24, 2.45) is 11.8 Å². The van der Waals surface area contributed by atoms with E-state index in [1.807, 2.05) is 0 Å². The summed E-state index contributed by atoms with van der Waals surface area (Å²) in [6, 6.07) is 7.15. The van der Waals surface area contributed by atoms with Crippen LogP contribution in [-0.2, 0) is 9.59 Å². The Balaban J connectivity index is 1.85. The van der Waals surface area contributed by atoms with Gasteiger partial charge in [0.15, 0.2) is 0 Å². The molecule has 0 aromatic heterocycles. The van der Waals surface area contributed by atoms with Crippen molar-refractivity contribution in [2.75, 3.05) is 30.3 Å². The lowest BCUT2D eigenvalue weighted by molar-refractivity contribution is -0.118. The number of benzene rings is 1. The fraction of sp³-hybridized carbons (Fsp3) is 0.529. The lowest BCUT2D eigenvalue weighted by atomic mass is 9.92. The molecule has 1 heterocycles. The quantitative estimate of drug-likeness (QED) is 0.898. The molecule has 2 N–H and O–H groups in total. The minimum Gasteiger partial charge on any atom is -0.326 e. The first-order valence-electron chi connectivity index (χ1n) is 7.82. The predicted octanol–water partition coefficient (Wildman–Crippen LogP) is 2.56. The highest BCUT2D eigenvalue weighted by Crippen LogP contribution is 2.20. The average molecular weight is 303 g/mol. The zero-order valence-electron chi connectivity index (χ0n) is 13.6. The van der Waals surface area contributed by atoms with Gasteiger partial charge in [0.05, 0.1) is 6.54 Å². The van der Waals surface area contributed by atoms with Crippen molar-refractivity contribution in [2.45, 2.75) is 27.2 Å². The van der Waals surface area contributed by atoms with Crippen LogP contribution in [0.3, 0.4) is 0 Å². The Labute approximate surface area is 132 Å². The summed E-state index contributed by atoms with van der Waals surface area (Å²) in [5, 5.41) is 5.61. The van der Waals surface area contributed by atoms with E-state index in [1.165, 1.54) is 13.3 Å². The summed E-state index contributed by atoms with van der Waals surface area (Å²) in [5.74, 6) is 1.20. The smallest absolute Gasteiger partial charge is 0.238 e. The second-order valence-corrected chi connectivity index (χ2v) is 6.45. The van der Waals surface area contributed by atoms with E-state index in [9.17, 15) is 9.59 Å². The Bertz CT molecular complexity index is 517. The van der Waals surface area contributed by atoms with Crippen LogP contribution in [0.5, 0.6) is 0 Å². The first-order chi connectivity index (χ1) is 10.4. The molecule has 0 aliphatic carbocycles. The van der Waals surface area contributed by atoms with E-state index in [0.717, 1.165) is 24.5 Å². The molecule has 1 aromatic rings. The normalized spacial score (nSPS) is 22.1. The topological polar surface area (TPSA) is 61.4 Å². The zero-order chi connectivity index (χ0) is 16.1. The Morgan fingerprint density at radius 2 is 1.55 bits per heavy atom. The molecular weight excluding hydrogens is 278 g/mol. The number of nitrogens with zero attached hydrogens (tertiary/aromatic N) is 1. The number of piperidine rings is 1. The largest absolute Gasteiger partial charge is 0.326 e. The molecule has 2 amide bonds. The van der Waals surface area contributed by atoms with Crippen LogP contribution in [-0.4, -0.2) is 36.3 Å². The molecule has 0 unspecified atom stereocenters. The second-order valence-electron chi connectivity index (χ2n) is 6.45. The van der Waals surface area contributed by atoms with E-state index < -0.39 is 0 Å². The summed E-state index contributed by atoms with van der Waals surface area (Å²) in [4.78, 5) is 25.3. The number of nitrogens with one attached hydrogen (secondary N) is 2. The van der Waals surface area contributed by atoms with Crippen molar-refractivity contribution in [3.05, 3.63) is 24.3 Å². The highest BCUT2D eigenvalue weighted by atomic mass is 16.2. The van der Waals surface area contributed by atoms with Gasteiger partial charge >= 0.3 is 0 Å². The summed E-state index contributed by atoms with van der Waals surface area (Å²) in [5.41, 5.74) is 1.47. The number of amides is 2. The molecule has 22 heavy (non-hydrogen) atoms. The fourth-order valence-corrected chi connectivity index (χ4v) is 3.16. The van der Waals surface area contributed by atoms with E-state index in [-0.39, 0.29) is 11.8 Å². The minimum atomic E-state index is -0.106. The number of hydrogen-bond acceptors (Lipinski definition) is 3. The molecule has 0 saturated carbocycles. The Kier molecular flexibility index (Phi) is 5.55. The maximum atomic E-state index is 12.1. The van der Waals surface area contributed by atoms with Crippen LogP contribution < -0.4 is 10.6 Å². The molecule has 1 aliphatic rings. The summed E-state index contributed by atoms with van der Waals surface area (Å²) in [6.45, 7) is 8.35. The van der Waals surface area contributed by atoms with Gasteiger partial charge in [-0.1, -0.05) is 13.8 Å². The lowest BCUT2D eigenvalue weighted by Gasteiger charge is -2.34. The molecule has 1 aromatic carbocycles. The first-order valence-corrected chi connectivity index (χ1v) is 7.82. The van der Waals surface area contributed by atoms with Crippen molar-refractivity contribution < 1.29 is 9.59 Å². The van der Waals surface area contributed by atoms with E-state index in [2.05, 4.69) is 29.4 Å². The second kappa shape index (κ2) is 7.40. The van der Waals surface area contributed by atoms with Crippen molar-refractivity contribution in [1.29, 1.82) is 0 Å². The minimum absolute atomic E-state index is 0.00794. The van der Waals surface area contributed by atoms with Crippen LogP contribution in [0.25, 0.3) is 0 Å². The Morgan fingerprint density at radius 3 is 2.05 bits per heavy atom. The van der Waals surface area contributed by atoms with Gasteiger partial charge in [0.2, 0.25) is 11.8 Å². The van der Waals surface area contributed by atoms with Crippen LogP contribution in [0, 0.1) is 11.8 Å². The van der Waals surface area contributed by atoms with Gasteiger partial charge in [0, 0.05) is 31.4 Å². The van der Waals surface area contributed by atoms with E-state index in [0.29, 0.717) is 18.4 Å². The molecule has 120 valence electrons. The number of carbonyl (C=O) groups excluding carboxylic acids is 2. The molecule has 0 spiro atoms. The molecule has 2 atom stereocenters. The van der Waals surface area contributed by atoms with Gasteiger partial charge < -0.3 is 10.6 Å². The van der Waals surface area contributed by atoms with Crippen molar-refractivity contribution in [3.8, 4) is 0 Å². The Hall–Kier alpha value is -1.88. The lowest BCUT2D eigenvalue weighted by Crippen LogP contribution is -2.42. The van der Waals surface area contributed by atoms with Crippen LogP contribution in [0.1, 0.15) is 27.2 Å². The summed E-state index contributed by atoms with van der Waals surface area (Å²) < 4.78 is 0. The van der Waals surface area contributed by atoms with Gasteiger partial charge in [-0.3, -0.25) is 14.5 Å². The third-order valence-electron chi connectivity index (χ3n) is 3.80. The van der Waals surface area contributed by atoms with Gasteiger partial charge in [-0.2, -0.15) is 0 Å². The van der Waals surface area contributed by atoms with Gasteiger partial charge in [-0.25, -0.2) is 0 Å². The molecule has 1 fully saturated rings. The third kappa shape index (κ3) is 5.15. The summed E-state index contributed by atoms with van der Waals surface area (Å²) >= 11 is 0. The number of hydrogen-bond donors (Lipinski definition) is 2. The molecule has 0 radical (unpaired) electrons. The van der Waals surface area contributed by atoms with Crippen LogP contribution >= 0.6 is 0 Å². The highest BCUT2D eigenvalue weighted by Gasteiger charge is 2.23. The van der Waals surface area contributed by atoms with Gasteiger partial charge in [0.25, 0.3) is 0 Å². The molecule has 2 rings (SSSR count). The van der Waals surface area contributed by atoms with E-state index in [1.54, 1.807) is 24.3 Å². The van der Waals surface area contributed by atoms with Crippen molar-refractivity contribution in [3.63, 3.8) is 0 Å². The van der Waals surface area contributed by atoms with Crippen molar-refractivity contribution in [1.82, 2.24) is 4.90 Å². The van der Waals surface area contributed by atoms with Gasteiger partial charge in [0.1, 0.15) is 0 Å². The molecular formula is C17H25N3O2. The number of carbonyl (C=O) groups is 2. The van der Waals surface area contributed by atoms with Gasteiger partial charge in [-0.15, -0.1) is 0 Å². The van der Waals surface area contributed by atoms with E-state index >= 15 is 0 Å². The third-order valence-corrected chi connectivity index (χ3v) is 3.80. The van der Waals surface area contributed by atoms with Crippen LogP contribution in [0.4, 0.5) is 11.4 Å². The Morgan fingerprint density at radius 1 is 1.05 bits per heavy atom. The average Bonchev–Trinajstić information content (AvgIpc) is 2.39. The van der Waals surface area contributed by atoms with E-state index in [4.69, 9.17) is 0 Å². The van der Waals surface area contributed by atoms with Crippen LogP contribution in [0.2, 0.25) is 0 Å². The van der Waals surface area contributed by atoms with Crippen molar-refractivity contribution >= 4 is 23.2 Å². The van der Waals surface area contributed by atoms with Crippen LogP contribution in [0.15, 0.2) is 24.3 Å². The molecule has 1 saturated heterocycles. The first kappa shape index (κ1) is 16.5. The number of rotatable bonds is 4. The number of anilines is 2. The molecule has 5 nitrogen and oxygen atoms in total. The molecule has 1 aliphatic heterocycles.